The summed E-state index contributed by atoms with van der Waals surface area (Å²) in [7, 11) is 1.26. The van der Waals surface area contributed by atoms with Crippen LogP contribution in [0.3, 0.4) is 0 Å². The number of hydrogen-bond acceptors (Lipinski definition) is 9. The first-order valence-electron chi connectivity index (χ1n) is 20.0. The van der Waals surface area contributed by atoms with E-state index in [4.69, 9.17) is 14.1 Å². The fourth-order valence-corrected chi connectivity index (χ4v) is 8.10. The zero-order valence-electron chi connectivity index (χ0n) is 33.5. The number of aryl methyl sites for hydroxylation is 1. The smallest absolute Gasteiger partial charge is 0.407 e. The van der Waals surface area contributed by atoms with Gasteiger partial charge in [0.15, 0.2) is 5.76 Å². The lowest BCUT2D eigenvalue weighted by Gasteiger charge is -2.28. The van der Waals surface area contributed by atoms with Crippen molar-refractivity contribution in [2.45, 2.75) is 56.8 Å². The Labute approximate surface area is 350 Å². The molecular weight excluding hydrogens is 781 g/mol. The second kappa shape index (κ2) is 17.4. The molecule has 2 aliphatic heterocycles. The number of carbonyl (C=O) groups excluding carboxylic acids is 4. The minimum Gasteiger partial charge on any atom is -0.465 e. The summed E-state index contributed by atoms with van der Waals surface area (Å²) in [6.45, 7) is 2.68. The van der Waals surface area contributed by atoms with E-state index < -0.39 is 36.2 Å². The van der Waals surface area contributed by atoms with Crippen LogP contribution in [0.15, 0.2) is 108 Å². The Balaban J connectivity index is 0.974. The zero-order chi connectivity index (χ0) is 42.6. The van der Waals surface area contributed by atoms with Crippen LogP contribution in [0.1, 0.15) is 66.3 Å². The predicted octanol–water partition coefficient (Wildman–Crippen LogP) is 6.89. The first-order valence-corrected chi connectivity index (χ1v) is 20.0. The van der Waals surface area contributed by atoms with Crippen molar-refractivity contribution in [2.75, 3.05) is 25.5 Å². The summed E-state index contributed by atoms with van der Waals surface area (Å²) in [5, 5.41) is 17.5. The number of carbonyl (C=O) groups is 5. The van der Waals surface area contributed by atoms with Crippen molar-refractivity contribution in [3.8, 4) is 22.8 Å². The number of benzene rings is 4. The standard InChI is InChI=1S/C45H44N8O8/c1-26-17-18-29(23-32(26)49-40(54)35-16-10-22-53(35)42(55)37(50-44(57)58)27-11-5-3-6-12-27)36-25-46-41(61-36)30-19-20-31-33(24-30)48-39(47-31)34-15-9-21-52(34)43(56)38(51-45(59)60-2)28-13-7-4-8-14-28/h3-8,11-14,17-20,23-25,34-35,37-38,50H,9-10,15-16,21-22H2,1-2H3,(H,47,48)(H,49,54)(H,51,59)(H,57,58)/t34-,35-,37+,38+/m0/s1. The molecule has 0 aliphatic carbocycles. The van der Waals surface area contributed by atoms with E-state index >= 15 is 0 Å². The second-order valence-electron chi connectivity index (χ2n) is 15.1. The molecule has 16 heteroatoms. The van der Waals surface area contributed by atoms with Crippen LogP contribution in [-0.2, 0) is 19.1 Å². The van der Waals surface area contributed by atoms with Crippen LogP contribution < -0.4 is 16.0 Å². The van der Waals surface area contributed by atoms with Crippen LogP contribution in [0.2, 0.25) is 0 Å². The van der Waals surface area contributed by atoms with Crippen LogP contribution in [0.25, 0.3) is 33.8 Å². The lowest BCUT2D eigenvalue weighted by atomic mass is 10.0. The summed E-state index contributed by atoms with van der Waals surface area (Å²) in [6, 6.07) is 25.5. The molecule has 61 heavy (non-hydrogen) atoms. The Morgan fingerprint density at radius 2 is 1.48 bits per heavy atom. The Bertz CT molecular complexity index is 2590. The van der Waals surface area contributed by atoms with Gasteiger partial charge in [0.1, 0.15) is 23.9 Å². The predicted molar refractivity (Wildman–Crippen MR) is 224 cm³/mol. The van der Waals surface area contributed by atoms with Gasteiger partial charge in [-0.3, -0.25) is 14.4 Å². The number of imidazole rings is 1. The topological polar surface area (TPSA) is 212 Å². The summed E-state index contributed by atoms with van der Waals surface area (Å²) in [5.74, 6) is 0.315. The molecule has 8 rings (SSSR count). The van der Waals surface area contributed by atoms with E-state index in [1.807, 2.05) is 55.5 Å². The van der Waals surface area contributed by atoms with Crippen LogP contribution in [0.5, 0.6) is 0 Å². The van der Waals surface area contributed by atoms with Crippen molar-refractivity contribution in [2.24, 2.45) is 0 Å². The monoisotopic (exact) mass is 824 g/mol. The van der Waals surface area contributed by atoms with Crippen molar-refractivity contribution >= 4 is 46.6 Å². The zero-order valence-corrected chi connectivity index (χ0v) is 33.5. The third-order valence-electron chi connectivity index (χ3n) is 11.2. The molecule has 2 fully saturated rings. The maximum atomic E-state index is 14.0. The number of amides is 5. The largest absolute Gasteiger partial charge is 0.465 e. The molecule has 5 N–H and O–H groups in total. The molecule has 4 atom stereocenters. The van der Waals surface area contributed by atoms with E-state index in [0.29, 0.717) is 83.3 Å². The third-order valence-corrected chi connectivity index (χ3v) is 11.2. The van der Waals surface area contributed by atoms with E-state index in [2.05, 4.69) is 25.9 Å². The van der Waals surface area contributed by atoms with Crippen molar-refractivity contribution in [3.05, 3.63) is 126 Å². The second-order valence-corrected chi connectivity index (χ2v) is 15.1. The van der Waals surface area contributed by atoms with Gasteiger partial charge in [-0.1, -0.05) is 72.8 Å². The summed E-state index contributed by atoms with van der Waals surface area (Å²) in [4.78, 5) is 81.4. The number of rotatable bonds is 11. The van der Waals surface area contributed by atoms with E-state index in [1.54, 1.807) is 59.6 Å². The van der Waals surface area contributed by atoms with Gasteiger partial charge in [0.25, 0.3) is 11.8 Å². The summed E-state index contributed by atoms with van der Waals surface area (Å²) >= 11 is 0. The van der Waals surface area contributed by atoms with E-state index in [-0.39, 0.29) is 17.9 Å². The molecule has 4 aromatic carbocycles. The number of ether oxygens (including phenoxy) is 1. The number of carboxylic acid groups (broad SMARTS) is 1. The highest BCUT2D eigenvalue weighted by Crippen LogP contribution is 2.36. The van der Waals surface area contributed by atoms with Crippen molar-refractivity contribution in [1.82, 2.24) is 35.4 Å². The van der Waals surface area contributed by atoms with Crippen molar-refractivity contribution < 1.29 is 38.2 Å². The molecule has 6 aromatic rings. The van der Waals surface area contributed by atoms with Gasteiger partial charge in [-0.05, 0) is 73.6 Å². The van der Waals surface area contributed by atoms with Gasteiger partial charge in [0.2, 0.25) is 11.8 Å². The third kappa shape index (κ3) is 8.50. The number of alkyl carbamates (subject to hydrolysis) is 1. The number of aromatic amines is 1. The molecule has 2 saturated heterocycles. The van der Waals surface area contributed by atoms with Crippen LogP contribution in [0.4, 0.5) is 15.3 Å². The van der Waals surface area contributed by atoms with E-state index in [0.717, 1.165) is 17.5 Å². The average Bonchev–Trinajstić information content (AvgIpc) is 4.12. The molecule has 0 radical (unpaired) electrons. The Kier molecular flexibility index (Phi) is 11.5. The summed E-state index contributed by atoms with van der Waals surface area (Å²) < 4.78 is 11.1. The summed E-state index contributed by atoms with van der Waals surface area (Å²) in [5.41, 5.74) is 5.23. The van der Waals surface area contributed by atoms with E-state index in [1.165, 1.54) is 12.0 Å². The highest BCUT2D eigenvalue weighted by atomic mass is 16.5. The van der Waals surface area contributed by atoms with Crippen molar-refractivity contribution in [1.29, 1.82) is 0 Å². The summed E-state index contributed by atoms with van der Waals surface area (Å²) in [6.07, 6.45) is 2.04. The maximum absolute atomic E-state index is 14.0. The highest BCUT2D eigenvalue weighted by Gasteiger charge is 2.39. The SMILES string of the molecule is COC(=O)N[C@@H](C(=O)N1CCC[C@H]1c1nc2cc(-c3ncc(-c4ccc(C)c(NC(=O)[C@@H]5CCCN5C(=O)[C@H](NC(=O)O)c5ccccc5)c4)o3)ccc2[nH]1)c1ccccc1. The first kappa shape index (κ1) is 40.3. The Morgan fingerprint density at radius 3 is 2.18 bits per heavy atom. The fourth-order valence-electron chi connectivity index (χ4n) is 8.10. The van der Waals surface area contributed by atoms with Crippen LogP contribution in [-0.4, -0.2) is 86.0 Å². The average molecular weight is 825 g/mol. The van der Waals surface area contributed by atoms with Gasteiger partial charge in [-0.2, -0.15) is 0 Å². The number of fused-ring (bicyclic) bond motifs is 1. The van der Waals surface area contributed by atoms with Gasteiger partial charge in [-0.25, -0.2) is 19.6 Å². The molecule has 2 aliphatic rings. The number of anilines is 1. The quantitative estimate of drug-likeness (QED) is 0.0913. The van der Waals surface area contributed by atoms with Gasteiger partial charge in [0.05, 0.1) is 30.4 Å². The number of methoxy groups -OCH3 is 1. The number of hydrogen-bond donors (Lipinski definition) is 5. The molecule has 4 heterocycles. The molecule has 312 valence electrons. The lowest BCUT2D eigenvalue weighted by Crippen LogP contribution is -2.48. The molecule has 2 aromatic heterocycles. The molecule has 0 unspecified atom stereocenters. The molecular formula is C45H44N8O8. The highest BCUT2D eigenvalue weighted by molar-refractivity contribution is 5.99. The van der Waals surface area contributed by atoms with E-state index in [9.17, 15) is 29.1 Å². The molecule has 16 nitrogen and oxygen atoms in total. The molecule has 0 spiro atoms. The molecule has 0 bridgehead atoms. The van der Waals surface area contributed by atoms with Crippen LogP contribution in [0, 0.1) is 6.92 Å². The normalized spacial score (nSPS) is 17.1. The number of nitrogens with one attached hydrogen (secondary N) is 4. The van der Waals surface area contributed by atoms with Gasteiger partial charge >= 0.3 is 12.2 Å². The van der Waals surface area contributed by atoms with Crippen molar-refractivity contribution in [3.63, 3.8) is 0 Å². The first-order chi connectivity index (χ1) is 29.6. The van der Waals surface area contributed by atoms with Gasteiger partial charge in [0, 0.05) is 29.9 Å². The number of aromatic nitrogens is 3. The Hall–Kier alpha value is -7.49. The Morgan fingerprint density at radius 1 is 0.820 bits per heavy atom. The minimum atomic E-state index is -1.34. The maximum Gasteiger partial charge on any atom is 0.407 e. The number of H-pyrrole nitrogens is 1. The van der Waals surface area contributed by atoms with Crippen LogP contribution >= 0.6 is 0 Å². The fraction of sp³-hybridized carbons (Fsp3) is 0.267. The van der Waals surface area contributed by atoms with Gasteiger partial charge in [-0.15, -0.1) is 0 Å². The molecule has 0 saturated carbocycles. The number of likely N-dealkylation sites (tertiary alicyclic amines) is 2. The lowest BCUT2D eigenvalue weighted by molar-refractivity contribution is -0.138. The number of oxazole rings is 1. The minimum absolute atomic E-state index is 0.260. The number of nitrogens with zero attached hydrogens (tertiary/aromatic N) is 4. The molecule has 5 amide bonds. The van der Waals surface area contributed by atoms with Gasteiger partial charge < -0.3 is 45.0 Å².